The average Bonchev–Trinajstić information content (AvgIpc) is 3.48. The summed E-state index contributed by atoms with van der Waals surface area (Å²) in [4.78, 5) is 0.177. The van der Waals surface area contributed by atoms with Gasteiger partial charge < -0.3 is 5.32 Å². The van der Waals surface area contributed by atoms with Gasteiger partial charge in [-0.25, -0.2) is 12.8 Å². The summed E-state index contributed by atoms with van der Waals surface area (Å²) in [6.45, 7) is 1.58. The zero-order valence-electron chi connectivity index (χ0n) is 15.3. The van der Waals surface area contributed by atoms with Crippen molar-refractivity contribution in [2.45, 2.75) is 50.0 Å². The lowest BCUT2D eigenvalue weighted by atomic mass is 10.0. The van der Waals surface area contributed by atoms with E-state index in [2.05, 4.69) is 10.0 Å². The molecule has 0 radical (unpaired) electrons. The van der Waals surface area contributed by atoms with E-state index in [1.807, 2.05) is 12.1 Å². The smallest absolute Gasteiger partial charge is 0.261 e. The van der Waals surface area contributed by atoms with Gasteiger partial charge >= 0.3 is 0 Å². The molecule has 0 unspecified atom stereocenters. The van der Waals surface area contributed by atoms with E-state index in [1.54, 1.807) is 12.1 Å². The second kappa shape index (κ2) is 7.60. The number of rotatable bonds is 7. The molecule has 0 amide bonds. The van der Waals surface area contributed by atoms with Crippen LogP contribution in [0.5, 0.6) is 0 Å². The first kappa shape index (κ1) is 18.4. The predicted molar refractivity (Wildman–Crippen MR) is 105 cm³/mol. The van der Waals surface area contributed by atoms with E-state index in [9.17, 15) is 12.8 Å². The topological polar surface area (TPSA) is 58.2 Å². The Hall–Kier alpha value is -1.92. The quantitative estimate of drug-likeness (QED) is 0.754. The summed E-state index contributed by atoms with van der Waals surface area (Å²) >= 11 is 0. The molecular formula is C21H25FN2O2S. The van der Waals surface area contributed by atoms with Gasteiger partial charge in [0.25, 0.3) is 10.0 Å². The summed E-state index contributed by atoms with van der Waals surface area (Å²) in [5.74, 6) is 0.345. The number of benzene rings is 2. The summed E-state index contributed by atoms with van der Waals surface area (Å²) < 4.78 is 42.2. The molecule has 2 aromatic rings. The standard InChI is InChI=1S/C21H25FN2O2S/c22-20-12-16(3-1-2-15-4-5-15)6-9-21(20)24-27(25,26)19-8-7-18-14-23-11-10-17(18)13-19/h6-9,12-13,15,23-24H,1-5,10-11,14H2. The van der Waals surface area contributed by atoms with Gasteiger partial charge in [0.1, 0.15) is 5.82 Å². The minimum atomic E-state index is -3.81. The van der Waals surface area contributed by atoms with Crippen LogP contribution >= 0.6 is 0 Å². The van der Waals surface area contributed by atoms with Gasteiger partial charge in [0, 0.05) is 6.54 Å². The van der Waals surface area contributed by atoms with Crippen LogP contribution < -0.4 is 10.0 Å². The van der Waals surface area contributed by atoms with Crippen LogP contribution in [0.1, 0.15) is 42.4 Å². The molecule has 0 saturated heterocycles. The van der Waals surface area contributed by atoms with E-state index in [0.29, 0.717) is 0 Å². The Bertz CT molecular complexity index is 939. The molecule has 0 spiro atoms. The molecule has 1 aliphatic heterocycles. The van der Waals surface area contributed by atoms with Gasteiger partial charge in [-0.15, -0.1) is 0 Å². The Morgan fingerprint density at radius 2 is 1.96 bits per heavy atom. The van der Waals surface area contributed by atoms with Crippen LogP contribution in [0.15, 0.2) is 41.3 Å². The van der Waals surface area contributed by atoms with Crippen molar-refractivity contribution in [2.75, 3.05) is 11.3 Å². The van der Waals surface area contributed by atoms with Crippen molar-refractivity contribution in [3.63, 3.8) is 0 Å². The zero-order chi connectivity index (χ0) is 18.9. The van der Waals surface area contributed by atoms with Gasteiger partial charge in [0.15, 0.2) is 0 Å². The molecule has 1 heterocycles. The number of hydrogen-bond acceptors (Lipinski definition) is 3. The highest BCUT2D eigenvalue weighted by Crippen LogP contribution is 2.34. The van der Waals surface area contributed by atoms with Gasteiger partial charge in [0.2, 0.25) is 0 Å². The van der Waals surface area contributed by atoms with Gasteiger partial charge in [-0.05, 0) is 72.7 Å². The molecule has 4 rings (SSSR count). The molecule has 27 heavy (non-hydrogen) atoms. The third kappa shape index (κ3) is 4.50. The summed E-state index contributed by atoms with van der Waals surface area (Å²) in [6.07, 6.45) is 6.54. The second-order valence-electron chi connectivity index (χ2n) is 7.61. The van der Waals surface area contributed by atoms with Crippen molar-refractivity contribution >= 4 is 15.7 Å². The maximum Gasteiger partial charge on any atom is 0.261 e. The Kier molecular flexibility index (Phi) is 5.19. The van der Waals surface area contributed by atoms with Crippen molar-refractivity contribution in [1.29, 1.82) is 0 Å². The van der Waals surface area contributed by atoms with Crippen molar-refractivity contribution in [1.82, 2.24) is 5.32 Å². The zero-order valence-corrected chi connectivity index (χ0v) is 16.1. The molecule has 1 fully saturated rings. The second-order valence-corrected chi connectivity index (χ2v) is 9.29. The van der Waals surface area contributed by atoms with E-state index in [-0.39, 0.29) is 10.6 Å². The van der Waals surface area contributed by atoms with Crippen LogP contribution in [0, 0.1) is 11.7 Å². The summed E-state index contributed by atoms with van der Waals surface area (Å²) in [5, 5.41) is 3.26. The summed E-state index contributed by atoms with van der Waals surface area (Å²) in [5.41, 5.74) is 3.06. The fourth-order valence-corrected chi connectivity index (χ4v) is 4.74. The van der Waals surface area contributed by atoms with Crippen LogP contribution in [0.25, 0.3) is 0 Å². The maximum absolute atomic E-state index is 14.4. The fourth-order valence-electron chi connectivity index (χ4n) is 3.62. The van der Waals surface area contributed by atoms with Gasteiger partial charge in [-0.3, -0.25) is 4.72 Å². The number of fused-ring (bicyclic) bond motifs is 1. The minimum Gasteiger partial charge on any atom is -0.312 e. The summed E-state index contributed by atoms with van der Waals surface area (Å²) in [6, 6.07) is 9.90. The number of nitrogens with one attached hydrogen (secondary N) is 2. The SMILES string of the molecule is O=S(=O)(Nc1ccc(CCCC2CC2)cc1F)c1ccc2c(c1)CCNC2. The van der Waals surface area contributed by atoms with Crippen LogP contribution in [-0.4, -0.2) is 15.0 Å². The minimum absolute atomic E-state index is 0.000306. The van der Waals surface area contributed by atoms with E-state index >= 15 is 0 Å². The third-order valence-corrected chi connectivity index (χ3v) is 6.79. The van der Waals surface area contributed by atoms with Crippen molar-refractivity contribution < 1.29 is 12.8 Å². The molecular weight excluding hydrogens is 363 g/mol. The molecule has 0 aromatic heterocycles. The largest absolute Gasteiger partial charge is 0.312 e. The Labute approximate surface area is 160 Å². The van der Waals surface area contributed by atoms with Gasteiger partial charge in [-0.1, -0.05) is 31.4 Å². The predicted octanol–water partition coefficient (Wildman–Crippen LogP) is 4.00. The Morgan fingerprint density at radius 1 is 1.11 bits per heavy atom. The average molecular weight is 389 g/mol. The fraction of sp³-hybridized carbons (Fsp3) is 0.429. The number of halogens is 1. The lowest BCUT2D eigenvalue weighted by molar-refractivity contribution is 0.597. The van der Waals surface area contributed by atoms with E-state index in [1.165, 1.54) is 31.4 Å². The molecule has 2 N–H and O–H groups in total. The maximum atomic E-state index is 14.4. The Balaban J connectivity index is 1.46. The summed E-state index contributed by atoms with van der Waals surface area (Å²) in [7, 11) is -3.81. The number of sulfonamides is 1. The first-order valence-electron chi connectivity index (χ1n) is 9.65. The highest BCUT2D eigenvalue weighted by atomic mass is 32.2. The molecule has 4 nitrogen and oxygen atoms in total. The van der Waals surface area contributed by atoms with Crippen LogP contribution in [0.3, 0.4) is 0 Å². The molecule has 0 atom stereocenters. The third-order valence-electron chi connectivity index (χ3n) is 5.43. The number of aryl methyl sites for hydroxylation is 1. The van der Waals surface area contributed by atoms with Crippen LogP contribution in [-0.2, 0) is 29.4 Å². The lowest BCUT2D eigenvalue weighted by Gasteiger charge is -2.18. The monoisotopic (exact) mass is 388 g/mol. The highest BCUT2D eigenvalue weighted by molar-refractivity contribution is 7.92. The normalized spacial score (nSPS) is 16.8. The number of hydrogen-bond donors (Lipinski definition) is 2. The Morgan fingerprint density at radius 3 is 2.74 bits per heavy atom. The molecule has 6 heteroatoms. The highest BCUT2D eigenvalue weighted by Gasteiger charge is 2.21. The van der Waals surface area contributed by atoms with Crippen LogP contribution in [0.2, 0.25) is 0 Å². The van der Waals surface area contributed by atoms with E-state index < -0.39 is 15.8 Å². The van der Waals surface area contributed by atoms with Crippen molar-refractivity contribution in [2.24, 2.45) is 5.92 Å². The van der Waals surface area contributed by atoms with E-state index in [0.717, 1.165) is 55.0 Å². The molecule has 1 aliphatic carbocycles. The van der Waals surface area contributed by atoms with Crippen molar-refractivity contribution in [3.05, 3.63) is 58.9 Å². The van der Waals surface area contributed by atoms with Gasteiger partial charge in [-0.2, -0.15) is 0 Å². The lowest BCUT2D eigenvalue weighted by Crippen LogP contribution is -2.24. The molecule has 2 aromatic carbocycles. The molecule has 0 bridgehead atoms. The number of anilines is 1. The first-order chi connectivity index (χ1) is 13.0. The first-order valence-corrected chi connectivity index (χ1v) is 11.1. The molecule has 144 valence electrons. The van der Waals surface area contributed by atoms with Crippen LogP contribution in [0.4, 0.5) is 10.1 Å². The van der Waals surface area contributed by atoms with Gasteiger partial charge in [0.05, 0.1) is 10.6 Å². The van der Waals surface area contributed by atoms with E-state index in [4.69, 9.17) is 0 Å². The molecule has 1 saturated carbocycles. The molecule has 2 aliphatic rings. The van der Waals surface area contributed by atoms with Crippen molar-refractivity contribution in [3.8, 4) is 0 Å².